The van der Waals surface area contributed by atoms with Crippen molar-refractivity contribution >= 4 is 29.6 Å². The third-order valence-electron chi connectivity index (χ3n) is 3.54. The fourth-order valence-electron chi connectivity index (χ4n) is 2.20. The zero-order valence-electron chi connectivity index (χ0n) is 12.1. The van der Waals surface area contributed by atoms with E-state index in [1.54, 1.807) is 9.80 Å². The number of nitrogens with one attached hydrogen (secondary N) is 1. The van der Waals surface area contributed by atoms with E-state index in [-0.39, 0.29) is 23.2 Å². The molecule has 1 aliphatic heterocycles. The Kier molecular flexibility index (Phi) is 5.35. The Morgan fingerprint density at radius 3 is 2.48 bits per heavy atom. The average Bonchev–Trinajstić information content (AvgIpc) is 2.52. The van der Waals surface area contributed by atoms with Gasteiger partial charge in [-0.2, -0.15) is 13.2 Å². The highest BCUT2D eigenvalue weighted by molar-refractivity contribution is 6.33. The van der Waals surface area contributed by atoms with E-state index in [2.05, 4.69) is 5.32 Å². The Bertz CT molecular complexity index is 587. The number of hydrogen-bond donors (Lipinski definition) is 1. The standard InChI is InChI=1S/C14H15ClF3N3O2/c15-11-2-1-10(14(16,17)18)7-12(11)19-8-13(23)21-5-3-20(9-22)4-6-21/h1-2,7,9,19H,3-6,8H2. The smallest absolute Gasteiger partial charge is 0.375 e. The summed E-state index contributed by atoms with van der Waals surface area (Å²) < 4.78 is 38.0. The number of halogens is 4. The number of carbonyl (C=O) groups excluding carboxylic acids is 2. The van der Waals surface area contributed by atoms with Gasteiger partial charge in [-0.15, -0.1) is 0 Å². The van der Waals surface area contributed by atoms with Gasteiger partial charge in [0.2, 0.25) is 12.3 Å². The van der Waals surface area contributed by atoms with Gasteiger partial charge in [0.25, 0.3) is 0 Å². The molecule has 0 unspecified atom stereocenters. The minimum atomic E-state index is -4.48. The lowest BCUT2D eigenvalue weighted by Crippen LogP contribution is -2.49. The Balaban J connectivity index is 1.95. The summed E-state index contributed by atoms with van der Waals surface area (Å²) in [5.41, 5.74) is -0.780. The second-order valence-corrected chi connectivity index (χ2v) is 5.48. The number of rotatable bonds is 4. The number of alkyl halides is 3. The van der Waals surface area contributed by atoms with Gasteiger partial charge in [-0.25, -0.2) is 0 Å². The van der Waals surface area contributed by atoms with E-state index in [9.17, 15) is 22.8 Å². The molecule has 1 aromatic rings. The van der Waals surface area contributed by atoms with Crippen LogP contribution in [0.1, 0.15) is 5.56 Å². The first-order valence-corrected chi connectivity index (χ1v) is 7.27. The predicted octanol–water partition coefficient (Wildman–Crippen LogP) is 2.07. The van der Waals surface area contributed by atoms with Crippen LogP contribution in [0.3, 0.4) is 0 Å². The van der Waals surface area contributed by atoms with Crippen LogP contribution in [0.25, 0.3) is 0 Å². The molecule has 9 heteroatoms. The summed E-state index contributed by atoms with van der Waals surface area (Å²) in [5, 5.41) is 2.75. The van der Waals surface area contributed by atoms with Crippen LogP contribution < -0.4 is 5.32 Å². The van der Waals surface area contributed by atoms with E-state index in [0.717, 1.165) is 24.6 Å². The molecule has 5 nitrogen and oxygen atoms in total. The van der Waals surface area contributed by atoms with Crippen LogP contribution in [0, 0.1) is 0 Å². The number of amides is 2. The fourth-order valence-corrected chi connectivity index (χ4v) is 2.38. The Morgan fingerprint density at radius 1 is 1.26 bits per heavy atom. The van der Waals surface area contributed by atoms with Crippen molar-refractivity contribution < 1.29 is 22.8 Å². The van der Waals surface area contributed by atoms with Crippen LogP contribution in [0.15, 0.2) is 18.2 Å². The maximum Gasteiger partial charge on any atom is 0.416 e. The molecule has 0 aliphatic carbocycles. The maximum absolute atomic E-state index is 12.7. The lowest BCUT2D eigenvalue weighted by molar-refractivity contribution is -0.137. The van der Waals surface area contributed by atoms with Crippen LogP contribution >= 0.6 is 11.6 Å². The number of carbonyl (C=O) groups is 2. The molecule has 1 fully saturated rings. The highest BCUT2D eigenvalue weighted by Crippen LogP contribution is 2.33. The van der Waals surface area contributed by atoms with Gasteiger partial charge in [0.1, 0.15) is 0 Å². The van der Waals surface area contributed by atoms with Gasteiger partial charge in [-0.05, 0) is 18.2 Å². The molecule has 0 atom stereocenters. The van der Waals surface area contributed by atoms with Crippen molar-refractivity contribution in [1.82, 2.24) is 9.80 Å². The van der Waals surface area contributed by atoms with Gasteiger partial charge in [0, 0.05) is 26.2 Å². The average molecular weight is 350 g/mol. The molecule has 2 rings (SSSR count). The molecular formula is C14H15ClF3N3O2. The van der Waals surface area contributed by atoms with Crippen molar-refractivity contribution in [2.75, 3.05) is 38.0 Å². The molecule has 1 aromatic carbocycles. The highest BCUT2D eigenvalue weighted by atomic mass is 35.5. The van der Waals surface area contributed by atoms with E-state index in [0.29, 0.717) is 26.2 Å². The number of nitrogens with zero attached hydrogens (tertiary/aromatic N) is 2. The van der Waals surface area contributed by atoms with Crippen LogP contribution in [0.5, 0.6) is 0 Å². The van der Waals surface area contributed by atoms with E-state index in [1.807, 2.05) is 0 Å². The van der Waals surface area contributed by atoms with Crippen molar-refractivity contribution in [1.29, 1.82) is 0 Å². The summed E-state index contributed by atoms with van der Waals surface area (Å²) in [5.74, 6) is -0.260. The second kappa shape index (κ2) is 7.08. The van der Waals surface area contributed by atoms with E-state index in [4.69, 9.17) is 11.6 Å². The van der Waals surface area contributed by atoms with Crippen molar-refractivity contribution in [3.8, 4) is 0 Å². The van der Waals surface area contributed by atoms with E-state index in [1.165, 1.54) is 0 Å². The quantitative estimate of drug-likeness (QED) is 0.847. The maximum atomic E-state index is 12.7. The van der Waals surface area contributed by atoms with Crippen molar-refractivity contribution in [2.45, 2.75) is 6.18 Å². The Labute approximate surface area is 136 Å². The first-order valence-electron chi connectivity index (χ1n) is 6.89. The monoisotopic (exact) mass is 349 g/mol. The molecule has 0 bridgehead atoms. The topological polar surface area (TPSA) is 52.7 Å². The molecular weight excluding hydrogens is 335 g/mol. The zero-order valence-corrected chi connectivity index (χ0v) is 12.8. The molecule has 126 valence electrons. The van der Waals surface area contributed by atoms with Crippen LogP contribution in [0.4, 0.5) is 18.9 Å². The number of benzene rings is 1. The molecule has 1 N–H and O–H groups in total. The number of piperazine rings is 1. The summed E-state index contributed by atoms with van der Waals surface area (Å²) in [6.07, 6.45) is -3.75. The zero-order chi connectivity index (χ0) is 17.0. The van der Waals surface area contributed by atoms with Crippen molar-refractivity contribution in [3.05, 3.63) is 28.8 Å². The van der Waals surface area contributed by atoms with Crippen LogP contribution in [0.2, 0.25) is 5.02 Å². The molecule has 23 heavy (non-hydrogen) atoms. The molecule has 0 aromatic heterocycles. The van der Waals surface area contributed by atoms with Gasteiger partial charge in [0.05, 0.1) is 22.8 Å². The summed E-state index contributed by atoms with van der Waals surface area (Å²) in [7, 11) is 0. The first-order chi connectivity index (χ1) is 10.8. The van der Waals surface area contributed by atoms with Gasteiger partial charge < -0.3 is 15.1 Å². The first kappa shape index (κ1) is 17.4. The van der Waals surface area contributed by atoms with Gasteiger partial charge in [-0.3, -0.25) is 9.59 Å². The van der Waals surface area contributed by atoms with Crippen molar-refractivity contribution in [2.24, 2.45) is 0 Å². The minimum Gasteiger partial charge on any atom is -0.375 e. The minimum absolute atomic E-state index is 0.0568. The number of anilines is 1. The molecule has 0 radical (unpaired) electrons. The van der Waals surface area contributed by atoms with E-state index < -0.39 is 11.7 Å². The molecule has 1 saturated heterocycles. The summed E-state index contributed by atoms with van der Waals surface area (Å²) >= 11 is 5.85. The SMILES string of the molecule is O=CN1CCN(C(=O)CNc2cc(C(F)(F)F)ccc2Cl)CC1. The summed E-state index contributed by atoms with van der Waals surface area (Å²) in [4.78, 5) is 25.8. The largest absolute Gasteiger partial charge is 0.416 e. The molecule has 1 aliphatic rings. The normalized spacial score (nSPS) is 15.5. The Morgan fingerprint density at radius 2 is 1.91 bits per heavy atom. The Hall–Kier alpha value is -1.96. The molecule has 0 spiro atoms. The third kappa shape index (κ3) is 4.51. The molecule has 1 heterocycles. The number of hydrogen-bond acceptors (Lipinski definition) is 3. The third-order valence-corrected chi connectivity index (χ3v) is 3.87. The van der Waals surface area contributed by atoms with Gasteiger partial charge in [-0.1, -0.05) is 11.6 Å². The fraction of sp³-hybridized carbons (Fsp3) is 0.429. The van der Waals surface area contributed by atoms with Crippen LogP contribution in [-0.2, 0) is 15.8 Å². The second-order valence-electron chi connectivity index (χ2n) is 5.07. The summed E-state index contributed by atoms with van der Waals surface area (Å²) in [6, 6.07) is 2.90. The van der Waals surface area contributed by atoms with Crippen LogP contribution in [-0.4, -0.2) is 54.8 Å². The highest BCUT2D eigenvalue weighted by Gasteiger charge is 2.31. The van der Waals surface area contributed by atoms with E-state index >= 15 is 0 Å². The van der Waals surface area contributed by atoms with Gasteiger partial charge in [0.15, 0.2) is 0 Å². The van der Waals surface area contributed by atoms with Crippen molar-refractivity contribution in [3.63, 3.8) is 0 Å². The summed E-state index contributed by atoms with van der Waals surface area (Å²) in [6.45, 7) is 1.52. The molecule has 2 amide bonds. The predicted molar refractivity (Wildman–Crippen MR) is 79.2 cm³/mol. The lowest BCUT2D eigenvalue weighted by atomic mass is 10.2. The lowest BCUT2D eigenvalue weighted by Gasteiger charge is -2.32. The van der Waals surface area contributed by atoms with Gasteiger partial charge >= 0.3 is 6.18 Å². The molecule has 0 saturated carbocycles.